The molecule has 0 saturated carbocycles. The predicted octanol–water partition coefficient (Wildman–Crippen LogP) is 5.52. The first kappa shape index (κ1) is 21.7. The van der Waals surface area contributed by atoms with Crippen molar-refractivity contribution in [2.75, 3.05) is 0 Å². The van der Waals surface area contributed by atoms with Crippen LogP contribution >= 0.6 is 0 Å². The molecule has 0 saturated heterocycles. The lowest BCUT2D eigenvalue weighted by atomic mass is 9.75. The van der Waals surface area contributed by atoms with Crippen molar-refractivity contribution in [1.29, 1.82) is 0 Å². The van der Waals surface area contributed by atoms with Crippen LogP contribution in [0.4, 0.5) is 0 Å². The summed E-state index contributed by atoms with van der Waals surface area (Å²) in [5.41, 5.74) is 2.56. The first-order valence-corrected chi connectivity index (χ1v) is 11.1. The third kappa shape index (κ3) is 4.14. The zero-order valence-electron chi connectivity index (χ0n) is 18.6. The Balaban J connectivity index is 1.95. The van der Waals surface area contributed by atoms with E-state index in [0.29, 0.717) is 0 Å². The van der Waals surface area contributed by atoms with Gasteiger partial charge in [0, 0.05) is 12.4 Å². The minimum Gasteiger partial charge on any atom is -0.288 e. The van der Waals surface area contributed by atoms with Crippen LogP contribution in [0.2, 0.25) is 0 Å². The molecule has 0 aliphatic heterocycles. The Morgan fingerprint density at radius 1 is 0.875 bits per heavy atom. The van der Waals surface area contributed by atoms with E-state index in [9.17, 15) is 4.79 Å². The molecule has 4 heteroatoms. The van der Waals surface area contributed by atoms with Crippen molar-refractivity contribution in [2.24, 2.45) is 5.92 Å². The highest BCUT2D eigenvalue weighted by Crippen LogP contribution is 2.38. The number of carbonyl (C=O) groups excluding carboxylic acids is 1. The van der Waals surface area contributed by atoms with Crippen LogP contribution in [0.15, 0.2) is 110 Å². The van der Waals surface area contributed by atoms with Crippen LogP contribution in [0, 0.1) is 5.92 Å². The van der Waals surface area contributed by atoms with Crippen molar-refractivity contribution in [2.45, 2.75) is 31.8 Å². The fourth-order valence-corrected chi connectivity index (χ4v) is 4.28. The first-order chi connectivity index (χ1) is 15.7. The number of nitrogens with one attached hydrogen (secondary N) is 1. The smallest absolute Gasteiger partial charge is 0.249 e. The van der Waals surface area contributed by atoms with Gasteiger partial charge in [-0.05, 0) is 22.6 Å². The number of hydrogen-bond acceptors (Lipinski definition) is 3. The molecule has 0 aliphatic rings. The van der Waals surface area contributed by atoms with Gasteiger partial charge >= 0.3 is 0 Å². The van der Waals surface area contributed by atoms with Crippen LogP contribution in [0.1, 0.15) is 41.8 Å². The molecule has 4 aromatic rings. The maximum Gasteiger partial charge on any atom is 0.249 e. The van der Waals surface area contributed by atoms with E-state index in [4.69, 9.17) is 0 Å². The third-order valence-corrected chi connectivity index (χ3v) is 6.23. The molecular formula is C28H29N3O. The molecule has 0 radical (unpaired) electrons. The molecule has 1 heterocycles. The number of aromatic nitrogens is 2. The van der Waals surface area contributed by atoms with E-state index >= 15 is 0 Å². The first-order valence-electron chi connectivity index (χ1n) is 11.1. The summed E-state index contributed by atoms with van der Waals surface area (Å²) in [6, 6.07) is 30.7. The molecule has 0 amide bonds. The summed E-state index contributed by atoms with van der Waals surface area (Å²) in [7, 11) is 0. The molecule has 162 valence electrons. The van der Waals surface area contributed by atoms with E-state index in [0.717, 1.165) is 23.1 Å². The SMILES string of the molecule is CC[C@@H](C)[C@@H](NC(c1ccccc1)(c1ccccc1)c1ccccc1)C(=O)n1ccnc1. The number of rotatable bonds is 8. The number of hydrogen-bond donors (Lipinski definition) is 1. The molecule has 0 fully saturated rings. The monoisotopic (exact) mass is 423 g/mol. The van der Waals surface area contributed by atoms with Crippen LogP contribution < -0.4 is 5.32 Å². The minimum atomic E-state index is -0.700. The zero-order valence-corrected chi connectivity index (χ0v) is 18.6. The highest BCUT2D eigenvalue weighted by atomic mass is 16.2. The number of imidazole rings is 1. The Labute approximate surface area is 190 Å². The summed E-state index contributed by atoms with van der Waals surface area (Å²) in [6.07, 6.45) is 5.81. The van der Waals surface area contributed by atoms with Crippen LogP contribution in [0.25, 0.3) is 0 Å². The summed E-state index contributed by atoms with van der Waals surface area (Å²) in [4.78, 5) is 17.7. The van der Waals surface area contributed by atoms with Gasteiger partial charge in [0.25, 0.3) is 0 Å². The maximum atomic E-state index is 13.6. The molecule has 4 rings (SSSR count). The predicted molar refractivity (Wildman–Crippen MR) is 128 cm³/mol. The van der Waals surface area contributed by atoms with Crippen LogP contribution in [-0.4, -0.2) is 21.5 Å². The summed E-state index contributed by atoms with van der Waals surface area (Å²) < 4.78 is 1.58. The Kier molecular flexibility index (Phi) is 6.62. The van der Waals surface area contributed by atoms with Gasteiger partial charge in [0.05, 0.1) is 11.6 Å². The second kappa shape index (κ2) is 9.75. The molecule has 1 aromatic heterocycles. The lowest BCUT2D eigenvalue weighted by molar-refractivity contribution is 0.0805. The van der Waals surface area contributed by atoms with Gasteiger partial charge in [0.2, 0.25) is 5.91 Å². The number of nitrogens with zero attached hydrogens (tertiary/aromatic N) is 2. The van der Waals surface area contributed by atoms with Crippen LogP contribution in [0.5, 0.6) is 0 Å². The topological polar surface area (TPSA) is 46.9 Å². The standard InChI is InChI=1S/C28H29N3O/c1-3-22(2)26(27(32)31-20-19-29-21-31)30-28(23-13-7-4-8-14-23,24-15-9-5-10-16-24)25-17-11-6-12-18-25/h4-22,26,30H,3H2,1-2H3/t22-,26-/m1/s1. The second-order valence-corrected chi connectivity index (χ2v) is 8.16. The van der Waals surface area contributed by atoms with Gasteiger partial charge in [-0.1, -0.05) is 111 Å². The normalized spacial score (nSPS) is 13.4. The van der Waals surface area contributed by atoms with Crippen molar-refractivity contribution in [3.63, 3.8) is 0 Å². The largest absolute Gasteiger partial charge is 0.288 e. The summed E-state index contributed by atoms with van der Waals surface area (Å²) in [6.45, 7) is 4.24. The molecule has 32 heavy (non-hydrogen) atoms. The van der Waals surface area contributed by atoms with Crippen molar-refractivity contribution in [1.82, 2.24) is 14.9 Å². The maximum absolute atomic E-state index is 13.6. The fraction of sp³-hybridized carbons (Fsp3) is 0.214. The van der Waals surface area contributed by atoms with E-state index in [2.05, 4.69) is 60.5 Å². The number of benzene rings is 3. The Morgan fingerprint density at radius 2 is 1.34 bits per heavy atom. The highest BCUT2D eigenvalue weighted by Gasteiger charge is 2.41. The van der Waals surface area contributed by atoms with Crippen LogP contribution in [0.3, 0.4) is 0 Å². The average molecular weight is 424 g/mol. The van der Waals surface area contributed by atoms with Gasteiger partial charge in [0.15, 0.2) is 0 Å². The Morgan fingerprint density at radius 3 is 1.72 bits per heavy atom. The average Bonchev–Trinajstić information content (AvgIpc) is 3.41. The second-order valence-electron chi connectivity index (χ2n) is 8.16. The molecule has 4 nitrogen and oxygen atoms in total. The van der Waals surface area contributed by atoms with E-state index in [1.54, 1.807) is 23.3 Å². The van der Waals surface area contributed by atoms with E-state index in [1.807, 2.05) is 54.6 Å². The van der Waals surface area contributed by atoms with Gasteiger partial charge in [-0.25, -0.2) is 4.98 Å². The van der Waals surface area contributed by atoms with Gasteiger partial charge in [-0.15, -0.1) is 0 Å². The Hall–Kier alpha value is -3.50. The lowest BCUT2D eigenvalue weighted by Gasteiger charge is -2.41. The molecule has 0 bridgehead atoms. The van der Waals surface area contributed by atoms with Crippen LogP contribution in [-0.2, 0) is 5.54 Å². The van der Waals surface area contributed by atoms with E-state index < -0.39 is 11.6 Å². The molecule has 3 aromatic carbocycles. The zero-order chi connectivity index (χ0) is 22.4. The van der Waals surface area contributed by atoms with Crippen molar-refractivity contribution < 1.29 is 4.79 Å². The highest BCUT2D eigenvalue weighted by molar-refractivity contribution is 5.84. The van der Waals surface area contributed by atoms with E-state index in [1.165, 1.54) is 0 Å². The quantitative estimate of drug-likeness (QED) is 0.380. The summed E-state index contributed by atoms with van der Waals surface area (Å²) >= 11 is 0. The molecular weight excluding hydrogens is 394 g/mol. The van der Waals surface area contributed by atoms with E-state index in [-0.39, 0.29) is 11.8 Å². The third-order valence-electron chi connectivity index (χ3n) is 6.23. The molecule has 1 N–H and O–H groups in total. The van der Waals surface area contributed by atoms with Crippen molar-refractivity contribution in [3.8, 4) is 0 Å². The van der Waals surface area contributed by atoms with Gasteiger partial charge in [-0.2, -0.15) is 0 Å². The van der Waals surface area contributed by atoms with Crippen molar-refractivity contribution in [3.05, 3.63) is 126 Å². The molecule has 0 spiro atoms. The Bertz CT molecular complexity index is 1010. The van der Waals surface area contributed by atoms with Crippen molar-refractivity contribution >= 4 is 5.91 Å². The van der Waals surface area contributed by atoms with Gasteiger partial charge < -0.3 is 0 Å². The fourth-order valence-electron chi connectivity index (χ4n) is 4.28. The number of carbonyl (C=O) groups is 1. The molecule has 0 unspecified atom stereocenters. The summed E-state index contributed by atoms with van der Waals surface area (Å²) in [5.74, 6) is 0.101. The van der Waals surface area contributed by atoms with Gasteiger partial charge in [0.1, 0.15) is 6.33 Å². The minimum absolute atomic E-state index is 0.0102. The molecule has 0 aliphatic carbocycles. The lowest BCUT2D eigenvalue weighted by Crippen LogP contribution is -2.55. The summed E-state index contributed by atoms with van der Waals surface area (Å²) in [5, 5.41) is 3.86. The molecule has 2 atom stereocenters. The van der Waals surface area contributed by atoms with Gasteiger partial charge in [-0.3, -0.25) is 14.7 Å².